The minimum atomic E-state index is -0.326. The van der Waals surface area contributed by atoms with Crippen LogP contribution in [-0.2, 0) is 4.74 Å². The molecule has 0 aliphatic heterocycles. The van der Waals surface area contributed by atoms with Crippen molar-refractivity contribution >= 4 is 0 Å². The normalized spacial score (nSPS) is 30.8. The molecule has 2 aliphatic rings. The van der Waals surface area contributed by atoms with Gasteiger partial charge in [0.1, 0.15) is 5.54 Å². The highest BCUT2D eigenvalue weighted by Gasteiger charge is 2.44. The van der Waals surface area contributed by atoms with Crippen molar-refractivity contribution in [2.24, 2.45) is 5.92 Å². The monoisotopic (exact) mass is 293 g/mol. The lowest BCUT2D eigenvalue weighted by molar-refractivity contribution is 0.0807. The summed E-state index contributed by atoms with van der Waals surface area (Å²) in [5.41, 5.74) is -0.326. The Morgan fingerprint density at radius 1 is 1.33 bits per heavy atom. The lowest BCUT2D eigenvalue weighted by atomic mass is 9.97. The molecule has 0 bridgehead atoms. The van der Waals surface area contributed by atoms with Crippen molar-refractivity contribution in [1.29, 1.82) is 5.26 Å². The maximum atomic E-state index is 9.65. The van der Waals surface area contributed by atoms with E-state index in [0.717, 1.165) is 38.3 Å². The summed E-state index contributed by atoms with van der Waals surface area (Å²) in [6.07, 6.45) is 5.76. The molecule has 4 heteroatoms. The Labute approximate surface area is 129 Å². The third-order valence-corrected chi connectivity index (χ3v) is 5.12. The van der Waals surface area contributed by atoms with Gasteiger partial charge in [-0.3, -0.25) is 10.2 Å². The molecule has 3 atom stereocenters. The fourth-order valence-corrected chi connectivity index (χ4v) is 3.88. The molecule has 2 rings (SSSR count). The Balaban J connectivity index is 2.02. The van der Waals surface area contributed by atoms with E-state index >= 15 is 0 Å². The number of rotatable bonds is 8. The fraction of sp³-hybridized carbons (Fsp3) is 0.941. The topological polar surface area (TPSA) is 48.3 Å². The fourth-order valence-electron chi connectivity index (χ4n) is 3.88. The second kappa shape index (κ2) is 7.09. The van der Waals surface area contributed by atoms with Crippen molar-refractivity contribution in [3.63, 3.8) is 0 Å². The highest BCUT2D eigenvalue weighted by molar-refractivity contribution is 5.14. The second-order valence-corrected chi connectivity index (χ2v) is 7.20. The molecule has 21 heavy (non-hydrogen) atoms. The van der Waals surface area contributed by atoms with Crippen LogP contribution in [0.1, 0.15) is 52.9 Å². The molecule has 2 aliphatic carbocycles. The van der Waals surface area contributed by atoms with Crippen LogP contribution >= 0.6 is 0 Å². The molecule has 2 fully saturated rings. The smallest absolute Gasteiger partial charge is 0.108 e. The molecule has 0 heterocycles. The predicted octanol–water partition coefficient (Wildman–Crippen LogP) is 2.55. The van der Waals surface area contributed by atoms with Crippen LogP contribution in [0.25, 0.3) is 0 Å². The van der Waals surface area contributed by atoms with Crippen molar-refractivity contribution in [1.82, 2.24) is 10.2 Å². The molecule has 0 amide bonds. The maximum Gasteiger partial charge on any atom is 0.108 e. The lowest BCUT2D eigenvalue weighted by Gasteiger charge is -2.35. The summed E-state index contributed by atoms with van der Waals surface area (Å²) in [6, 6.07) is 4.06. The SMILES string of the molecule is COCCN(C1CCC(C#N)(NC(C)C)C1)C(C)C1CC1. The second-order valence-electron chi connectivity index (χ2n) is 7.20. The summed E-state index contributed by atoms with van der Waals surface area (Å²) >= 11 is 0. The average molecular weight is 293 g/mol. The highest BCUT2D eigenvalue weighted by atomic mass is 16.5. The Hall–Kier alpha value is -0.630. The minimum Gasteiger partial charge on any atom is -0.383 e. The zero-order chi connectivity index (χ0) is 15.5. The van der Waals surface area contributed by atoms with Crippen LogP contribution < -0.4 is 5.32 Å². The molecule has 0 aromatic carbocycles. The number of ether oxygens (including phenoxy) is 1. The quantitative estimate of drug-likeness (QED) is 0.747. The molecule has 0 aromatic heterocycles. The first-order valence-electron chi connectivity index (χ1n) is 8.45. The summed E-state index contributed by atoms with van der Waals surface area (Å²) in [4.78, 5) is 2.61. The predicted molar refractivity (Wildman–Crippen MR) is 85.0 cm³/mol. The Kier molecular flexibility index (Phi) is 5.65. The van der Waals surface area contributed by atoms with E-state index in [2.05, 4.69) is 37.1 Å². The van der Waals surface area contributed by atoms with Crippen molar-refractivity contribution in [3.05, 3.63) is 0 Å². The molecule has 1 N–H and O–H groups in total. The number of hydrogen-bond acceptors (Lipinski definition) is 4. The van der Waals surface area contributed by atoms with Crippen LogP contribution in [0.5, 0.6) is 0 Å². The van der Waals surface area contributed by atoms with E-state index in [1.54, 1.807) is 7.11 Å². The number of nitrogens with zero attached hydrogens (tertiary/aromatic N) is 2. The van der Waals surface area contributed by atoms with Gasteiger partial charge in [-0.15, -0.1) is 0 Å². The van der Waals surface area contributed by atoms with Gasteiger partial charge >= 0.3 is 0 Å². The van der Waals surface area contributed by atoms with Gasteiger partial charge in [-0.05, 0) is 58.8 Å². The van der Waals surface area contributed by atoms with Gasteiger partial charge in [0, 0.05) is 31.8 Å². The zero-order valence-corrected chi connectivity index (χ0v) is 14.1. The maximum absolute atomic E-state index is 9.65. The molecule has 0 radical (unpaired) electrons. The van der Waals surface area contributed by atoms with Gasteiger partial charge in [0.15, 0.2) is 0 Å². The molecule has 0 aromatic rings. The molecule has 0 spiro atoms. The van der Waals surface area contributed by atoms with Gasteiger partial charge in [0.25, 0.3) is 0 Å². The first-order chi connectivity index (χ1) is 10.0. The third kappa shape index (κ3) is 4.18. The van der Waals surface area contributed by atoms with Crippen LogP contribution in [0.3, 0.4) is 0 Å². The van der Waals surface area contributed by atoms with Gasteiger partial charge in [0.2, 0.25) is 0 Å². The first kappa shape index (κ1) is 16.7. The summed E-state index contributed by atoms with van der Waals surface area (Å²) in [7, 11) is 1.77. The van der Waals surface area contributed by atoms with Crippen molar-refractivity contribution in [2.45, 2.75) is 76.5 Å². The summed E-state index contributed by atoms with van der Waals surface area (Å²) < 4.78 is 5.30. The standard InChI is InChI=1S/C17H31N3O/c1-13(2)19-17(12-18)8-7-16(11-17)20(9-10-21-4)14(3)15-5-6-15/h13-16,19H,5-11H2,1-4H3. The van der Waals surface area contributed by atoms with Crippen LogP contribution in [-0.4, -0.2) is 48.8 Å². The van der Waals surface area contributed by atoms with Gasteiger partial charge in [-0.25, -0.2) is 0 Å². The molecule has 3 unspecified atom stereocenters. The lowest BCUT2D eigenvalue weighted by Crippen LogP contribution is -2.49. The molecular formula is C17H31N3O. The average Bonchev–Trinajstić information content (AvgIpc) is 3.22. The highest BCUT2D eigenvalue weighted by Crippen LogP contribution is 2.40. The van der Waals surface area contributed by atoms with Gasteiger partial charge in [0.05, 0.1) is 12.7 Å². The van der Waals surface area contributed by atoms with E-state index in [4.69, 9.17) is 4.74 Å². The van der Waals surface area contributed by atoms with Crippen molar-refractivity contribution in [2.75, 3.05) is 20.3 Å². The van der Waals surface area contributed by atoms with E-state index < -0.39 is 0 Å². The third-order valence-electron chi connectivity index (χ3n) is 5.12. The summed E-state index contributed by atoms with van der Waals surface area (Å²) in [5, 5.41) is 13.2. The van der Waals surface area contributed by atoms with Gasteiger partial charge < -0.3 is 4.74 Å². The van der Waals surface area contributed by atoms with E-state index in [9.17, 15) is 5.26 Å². The largest absolute Gasteiger partial charge is 0.383 e. The molecular weight excluding hydrogens is 262 g/mol. The summed E-state index contributed by atoms with van der Waals surface area (Å²) in [6.45, 7) is 8.38. The van der Waals surface area contributed by atoms with Crippen LogP contribution in [0.4, 0.5) is 0 Å². The number of nitriles is 1. The van der Waals surface area contributed by atoms with Crippen molar-refractivity contribution in [3.8, 4) is 6.07 Å². The Bertz CT molecular complexity index is 375. The molecule has 2 saturated carbocycles. The van der Waals surface area contributed by atoms with Crippen LogP contribution in [0.2, 0.25) is 0 Å². The number of methoxy groups -OCH3 is 1. The minimum absolute atomic E-state index is 0.326. The zero-order valence-electron chi connectivity index (χ0n) is 14.1. The Morgan fingerprint density at radius 3 is 2.57 bits per heavy atom. The van der Waals surface area contributed by atoms with E-state index in [1.807, 2.05) is 0 Å². The molecule has 120 valence electrons. The molecule has 0 saturated heterocycles. The summed E-state index contributed by atoms with van der Waals surface area (Å²) in [5.74, 6) is 0.858. The van der Waals surface area contributed by atoms with E-state index in [1.165, 1.54) is 12.8 Å². The Morgan fingerprint density at radius 2 is 2.05 bits per heavy atom. The van der Waals surface area contributed by atoms with Crippen LogP contribution in [0, 0.1) is 17.2 Å². The van der Waals surface area contributed by atoms with Gasteiger partial charge in [-0.1, -0.05) is 0 Å². The van der Waals surface area contributed by atoms with Gasteiger partial charge in [-0.2, -0.15) is 5.26 Å². The van der Waals surface area contributed by atoms with E-state index in [-0.39, 0.29) is 5.54 Å². The molecule has 4 nitrogen and oxygen atoms in total. The number of nitrogens with one attached hydrogen (secondary N) is 1. The van der Waals surface area contributed by atoms with Crippen molar-refractivity contribution < 1.29 is 4.74 Å². The first-order valence-corrected chi connectivity index (χ1v) is 8.45. The number of hydrogen-bond donors (Lipinski definition) is 1. The van der Waals surface area contributed by atoms with Crippen LogP contribution in [0.15, 0.2) is 0 Å². The van der Waals surface area contributed by atoms with E-state index in [0.29, 0.717) is 18.1 Å².